The van der Waals surface area contributed by atoms with Crippen molar-refractivity contribution in [2.24, 2.45) is 0 Å². The van der Waals surface area contributed by atoms with Crippen LogP contribution in [0.4, 0.5) is 0 Å². The van der Waals surface area contributed by atoms with E-state index in [-0.39, 0.29) is 5.78 Å². The van der Waals surface area contributed by atoms with Crippen molar-refractivity contribution < 1.29 is 19.8 Å². The van der Waals surface area contributed by atoms with E-state index in [2.05, 4.69) is 6.92 Å². The predicted molar refractivity (Wildman–Crippen MR) is 88.8 cm³/mol. The molecule has 0 radical (unpaired) electrons. The highest BCUT2D eigenvalue weighted by Gasteiger charge is 2.06. The summed E-state index contributed by atoms with van der Waals surface area (Å²) in [5.74, 6) is -0.678. The number of allylic oxidation sites excluding steroid dienone is 2. The van der Waals surface area contributed by atoms with Crippen molar-refractivity contribution in [2.75, 3.05) is 0 Å². The molecule has 1 unspecified atom stereocenters. The topological polar surface area (TPSA) is 74.6 Å². The Morgan fingerprint density at radius 1 is 1.00 bits per heavy atom. The normalized spacial score (nSPS) is 13.0. The molecule has 0 aromatic carbocycles. The van der Waals surface area contributed by atoms with E-state index >= 15 is 0 Å². The lowest BCUT2D eigenvalue weighted by atomic mass is 10.0. The molecule has 0 amide bonds. The molecule has 1 atom stereocenters. The number of carboxylic acids is 1. The first-order valence-corrected chi connectivity index (χ1v) is 8.30. The summed E-state index contributed by atoms with van der Waals surface area (Å²) in [5, 5.41) is 18.1. The van der Waals surface area contributed by atoms with Crippen molar-refractivity contribution in [2.45, 2.75) is 77.2 Å². The van der Waals surface area contributed by atoms with Gasteiger partial charge in [0, 0.05) is 18.9 Å². The summed E-state index contributed by atoms with van der Waals surface area (Å²) >= 11 is 0. The van der Waals surface area contributed by atoms with Gasteiger partial charge < -0.3 is 10.2 Å². The molecule has 0 saturated heterocycles. The highest BCUT2D eigenvalue weighted by Crippen LogP contribution is 2.10. The van der Waals surface area contributed by atoms with Crippen LogP contribution in [-0.2, 0) is 9.59 Å². The molecular weight excluding hydrogens is 280 g/mol. The number of Topliss-reactive ketones (excluding diaryl/α,β-unsaturated/α-hetero) is 1. The summed E-state index contributed by atoms with van der Waals surface area (Å²) in [6.45, 7) is 2.05. The third-order valence-corrected chi connectivity index (χ3v) is 3.40. The number of hydrogen-bond donors (Lipinski definition) is 2. The lowest BCUT2D eigenvalue weighted by molar-refractivity contribution is -0.131. The van der Waals surface area contributed by atoms with E-state index in [1.807, 2.05) is 12.2 Å². The molecule has 0 aliphatic rings. The van der Waals surface area contributed by atoms with Gasteiger partial charge in [0.15, 0.2) is 0 Å². The molecule has 126 valence electrons. The molecule has 0 aromatic rings. The fourth-order valence-corrected chi connectivity index (χ4v) is 2.11. The van der Waals surface area contributed by atoms with Gasteiger partial charge in [0.1, 0.15) is 5.78 Å². The van der Waals surface area contributed by atoms with Gasteiger partial charge in [-0.3, -0.25) is 4.79 Å². The molecule has 0 saturated carbocycles. The minimum absolute atomic E-state index is 0.226. The largest absolute Gasteiger partial charge is 0.478 e. The summed E-state index contributed by atoms with van der Waals surface area (Å²) in [6.07, 6.45) is 14.2. The SMILES string of the molecule is CCC=CCC(O)CCC(=O)CCCCCC/C=C\C(=O)O. The number of carbonyl (C=O) groups is 2. The Morgan fingerprint density at radius 3 is 2.41 bits per heavy atom. The molecule has 0 aromatic heterocycles. The van der Waals surface area contributed by atoms with Gasteiger partial charge in [-0.1, -0.05) is 38.0 Å². The smallest absolute Gasteiger partial charge is 0.327 e. The summed E-state index contributed by atoms with van der Waals surface area (Å²) in [4.78, 5) is 21.9. The number of aliphatic carboxylic acids is 1. The van der Waals surface area contributed by atoms with E-state index < -0.39 is 12.1 Å². The van der Waals surface area contributed by atoms with Crippen molar-refractivity contribution in [3.05, 3.63) is 24.3 Å². The minimum atomic E-state index is -0.905. The van der Waals surface area contributed by atoms with Gasteiger partial charge in [-0.15, -0.1) is 0 Å². The number of ketones is 1. The third-order valence-electron chi connectivity index (χ3n) is 3.40. The highest BCUT2D eigenvalue weighted by molar-refractivity contribution is 5.79. The van der Waals surface area contributed by atoms with Crippen molar-refractivity contribution >= 4 is 11.8 Å². The standard InChI is InChI=1S/C18H30O4/c1-2-3-8-11-16(19)14-15-17(20)12-9-6-4-5-7-10-13-18(21)22/h3,8,10,13,16,19H,2,4-7,9,11-12,14-15H2,1H3,(H,21,22)/b8-3?,13-10-. The van der Waals surface area contributed by atoms with Crippen LogP contribution >= 0.6 is 0 Å². The molecule has 0 aliphatic carbocycles. The van der Waals surface area contributed by atoms with Gasteiger partial charge in [0.25, 0.3) is 0 Å². The zero-order valence-corrected chi connectivity index (χ0v) is 13.7. The Balaban J connectivity index is 3.46. The van der Waals surface area contributed by atoms with Crippen LogP contribution in [0.3, 0.4) is 0 Å². The summed E-state index contributed by atoms with van der Waals surface area (Å²) < 4.78 is 0. The first-order valence-electron chi connectivity index (χ1n) is 8.30. The number of carboxylic acid groups (broad SMARTS) is 1. The number of aliphatic hydroxyl groups excluding tert-OH is 1. The Hall–Kier alpha value is -1.42. The maximum absolute atomic E-state index is 11.7. The van der Waals surface area contributed by atoms with Gasteiger partial charge in [-0.2, -0.15) is 0 Å². The average molecular weight is 310 g/mol. The second-order valence-corrected chi connectivity index (χ2v) is 5.54. The zero-order chi connectivity index (χ0) is 16.6. The van der Waals surface area contributed by atoms with E-state index in [0.717, 1.165) is 38.5 Å². The van der Waals surface area contributed by atoms with Crippen LogP contribution in [0.15, 0.2) is 24.3 Å². The maximum Gasteiger partial charge on any atom is 0.327 e. The molecule has 4 nitrogen and oxygen atoms in total. The number of hydrogen-bond acceptors (Lipinski definition) is 3. The van der Waals surface area contributed by atoms with Crippen LogP contribution in [0, 0.1) is 0 Å². The Morgan fingerprint density at radius 2 is 1.73 bits per heavy atom. The van der Waals surface area contributed by atoms with Gasteiger partial charge in [-0.25, -0.2) is 4.79 Å². The van der Waals surface area contributed by atoms with Crippen molar-refractivity contribution in [3.8, 4) is 0 Å². The van der Waals surface area contributed by atoms with Gasteiger partial charge in [0.05, 0.1) is 6.10 Å². The first kappa shape index (κ1) is 20.6. The molecule has 0 spiro atoms. The van der Waals surface area contributed by atoms with Gasteiger partial charge >= 0.3 is 5.97 Å². The van der Waals surface area contributed by atoms with E-state index in [1.54, 1.807) is 6.08 Å². The second kappa shape index (κ2) is 14.5. The van der Waals surface area contributed by atoms with E-state index in [0.29, 0.717) is 25.7 Å². The van der Waals surface area contributed by atoms with E-state index in [9.17, 15) is 14.7 Å². The van der Waals surface area contributed by atoms with Gasteiger partial charge in [0.2, 0.25) is 0 Å². The molecule has 22 heavy (non-hydrogen) atoms. The summed E-state index contributed by atoms with van der Waals surface area (Å²) in [5.41, 5.74) is 0. The molecule has 0 bridgehead atoms. The fraction of sp³-hybridized carbons (Fsp3) is 0.667. The first-order chi connectivity index (χ1) is 10.6. The van der Waals surface area contributed by atoms with Crippen LogP contribution in [-0.4, -0.2) is 28.1 Å². The monoisotopic (exact) mass is 310 g/mol. The third kappa shape index (κ3) is 15.0. The van der Waals surface area contributed by atoms with Crippen molar-refractivity contribution in [1.82, 2.24) is 0 Å². The summed E-state index contributed by atoms with van der Waals surface area (Å²) in [6, 6.07) is 0. The molecule has 0 heterocycles. The lowest BCUT2D eigenvalue weighted by Gasteiger charge is -2.07. The van der Waals surface area contributed by atoms with E-state index in [1.165, 1.54) is 6.08 Å². The molecular formula is C18H30O4. The van der Waals surface area contributed by atoms with Crippen LogP contribution in [0.5, 0.6) is 0 Å². The minimum Gasteiger partial charge on any atom is -0.478 e. The Kier molecular flexibility index (Phi) is 13.6. The van der Waals surface area contributed by atoms with Crippen LogP contribution in [0.2, 0.25) is 0 Å². The average Bonchev–Trinajstić information content (AvgIpc) is 2.47. The highest BCUT2D eigenvalue weighted by atomic mass is 16.4. The summed E-state index contributed by atoms with van der Waals surface area (Å²) in [7, 11) is 0. The molecule has 4 heteroatoms. The molecule has 0 aliphatic heterocycles. The number of aliphatic hydroxyl groups is 1. The van der Waals surface area contributed by atoms with Gasteiger partial charge in [-0.05, 0) is 38.5 Å². The zero-order valence-electron chi connectivity index (χ0n) is 13.7. The molecule has 2 N–H and O–H groups in total. The number of unbranched alkanes of at least 4 members (excludes halogenated alkanes) is 4. The fourth-order valence-electron chi connectivity index (χ4n) is 2.11. The predicted octanol–water partition coefficient (Wildman–Crippen LogP) is 4.03. The van der Waals surface area contributed by atoms with Crippen LogP contribution in [0.1, 0.15) is 71.1 Å². The quantitative estimate of drug-likeness (QED) is 0.288. The lowest BCUT2D eigenvalue weighted by Crippen LogP contribution is -2.08. The van der Waals surface area contributed by atoms with Crippen LogP contribution in [0.25, 0.3) is 0 Å². The second-order valence-electron chi connectivity index (χ2n) is 5.54. The maximum atomic E-state index is 11.7. The molecule has 0 rings (SSSR count). The number of carbonyl (C=O) groups excluding carboxylic acids is 1. The molecule has 0 fully saturated rings. The van der Waals surface area contributed by atoms with Crippen molar-refractivity contribution in [1.29, 1.82) is 0 Å². The van der Waals surface area contributed by atoms with E-state index in [4.69, 9.17) is 5.11 Å². The van der Waals surface area contributed by atoms with Crippen molar-refractivity contribution in [3.63, 3.8) is 0 Å². The Labute approximate surface area is 133 Å². The number of rotatable bonds is 14. The Bertz CT molecular complexity index is 358. The van der Waals surface area contributed by atoms with Crippen LogP contribution < -0.4 is 0 Å².